The van der Waals surface area contributed by atoms with Gasteiger partial charge in [-0.15, -0.1) is 11.3 Å². The zero-order valence-corrected chi connectivity index (χ0v) is 18.6. The second-order valence-electron chi connectivity index (χ2n) is 7.12. The van der Waals surface area contributed by atoms with Crippen LogP contribution < -0.4 is 9.46 Å². The first kappa shape index (κ1) is 21.1. The summed E-state index contributed by atoms with van der Waals surface area (Å²) in [7, 11) is -1.74. The van der Waals surface area contributed by atoms with Crippen LogP contribution in [0.4, 0.5) is 5.69 Å². The fourth-order valence-corrected chi connectivity index (χ4v) is 4.64. The minimum atomic E-state index is -3.35. The maximum Gasteiger partial charge on any atom is 0.284 e. The van der Waals surface area contributed by atoms with Gasteiger partial charge in [-0.3, -0.25) is 9.52 Å². The summed E-state index contributed by atoms with van der Waals surface area (Å²) in [5.74, 6) is 0.592. The first-order valence-electron chi connectivity index (χ1n) is 9.51. The Kier molecular flexibility index (Phi) is 5.79. The van der Waals surface area contributed by atoms with E-state index in [1.54, 1.807) is 37.4 Å². The Labute approximate surface area is 185 Å². The highest BCUT2D eigenvalue weighted by Crippen LogP contribution is 2.35. The largest absolute Gasteiger partial charge is 0.497 e. The molecule has 0 saturated heterocycles. The van der Waals surface area contributed by atoms with Gasteiger partial charge >= 0.3 is 0 Å². The molecule has 2 heterocycles. The van der Waals surface area contributed by atoms with E-state index in [1.165, 1.54) is 16.3 Å². The average molecular weight is 456 g/mol. The SMILES string of the molecule is COc1ccc([C@@H]2CC(c3ccc(NS(C)(=O)=O)cc3)=NN2C(=O)c2cccs2)cc1. The Hall–Kier alpha value is -3.17. The summed E-state index contributed by atoms with van der Waals surface area (Å²) in [6.07, 6.45) is 1.65. The molecule has 1 aliphatic heterocycles. The molecule has 0 fully saturated rings. The first-order valence-corrected chi connectivity index (χ1v) is 12.3. The minimum absolute atomic E-state index is 0.152. The lowest BCUT2D eigenvalue weighted by Crippen LogP contribution is -2.26. The van der Waals surface area contributed by atoms with E-state index >= 15 is 0 Å². The van der Waals surface area contributed by atoms with Crippen molar-refractivity contribution >= 4 is 38.7 Å². The van der Waals surface area contributed by atoms with Crippen LogP contribution in [-0.4, -0.2) is 38.4 Å². The van der Waals surface area contributed by atoms with Gasteiger partial charge in [-0.2, -0.15) is 5.10 Å². The summed E-state index contributed by atoms with van der Waals surface area (Å²) in [6.45, 7) is 0. The molecule has 0 spiro atoms. The van der Waals surface area contributed by atoms with E-state index in [-0.39, 0.29) is 11.9 Å². The zero-order chi connectivity index (χ0) is 22.0. The topological polar surface area (TPSA) is 88.1 Å². The lowest BCUT2D eigenvalue weighted by atomic mass is 9.98. The van der Waals surface area contributed by atoms with E-state index in [9.17, 15) is 13.2 Å². The molecule has 0 aliphatic carbocycles. The molecular weight excluding hydrogens is 434 g/mol. The highest BCUT2D eigenvalue weighted by Gasteiger charge is 2.34. The maximum absolute atomic E-state index is 13.1. The normalized spacial score (nSPS) is 16.1. The first-order chi connectivity index (χ1) is 14.8. The summed E-state index contributed by atoms with van der Waals surface area (Å²) >= 11 is 1.38. The van der Waals surface area contributed by atoms with Crippen LogP contribution in [0.25, 0.3) is 0 Å². The number of carbonyl (C=O) groups excluding carboxylic acids is 1. The molecule has 4 rings (SSSR count). The summed E-state index contributed by atoms with van der Waals surface area (Å²) in [6, 6.07) is 18.0. The number of hydrogen-bond acceptors (Lipinski definition) is 6. The van der Waals surface area contributed by atoms with Crippen LogP contribution in [0.15, 0.2) is 71.1 Å². The van der Waals surface area contributed by atoms with Crippen LogP contribution in [0.2, 0.25) is 0 Å². The van der Waals surface area contributed by atoms with Crippen molar-refractivity contribution in [2.75, 3.05) is 18.1 Å². The van der Waals surface area contributed by atoms with Gasteiger partial charge in [-0.1, -0.05) is 30.3 Å². The van der Waals surface area contributed by atoms with Crippen LogP contribution in [0.3, 0.4) is 0 Å². The average Bonchev–Trinajstić information content (AvgIpc) is 3.43. The highest BCUT2D eigenvalue weighted by atomic mass is 32.2. The van der Waals surface area contributed by atoms with E-state index < -0.39 is 10.0 Å². The number of ether oxygens (including phenoxy) is 1. The van der Waals surface area contributed by atoms with Gasteiger partial charge in [0.25, 0.3) is 5.91 Å². The summed E-state index contributed by atoms with van der Waals surface area (Å²) < 4.78 is 30.6. The number of sulfonamides is 1. The predicted molar refractivity (Wildman–Crippen MR) is 122 cm³/mol. The molecule has 0 bridgehead atoms. The Morgan fingerprint density at radius 3 is 2.42 bits per heavy atom. The van der Waals surface area contributed by atoms with E-state index in [4.69, 9.17) is 4.74 Å². The van der Waals surface area contributed by atoms with Crippen molar-refractivity contribution in [3.05, 3.63) is 82.0 Å². The molecular formula is C22H21N3O4S2. The maximum atomic E-state index is 13.1. The molecule has 9 heteroatoms. The molecule has 7 nitrogen and oxygen atoms in total. The van der Waals surface area contributed by atoms with E-state index in [0.29, 0.717) is 17.0 Å². The van der Waals surface area contributed by atoms with Gasteiger partial charge in [0.05, 0.1) is 30.0 Å². The van der Waals surface area contributed by atoms with Crippen molar-refractivity contribution < 1.29 is 17.9 Å². The summed E-state index contributed by atoms with van der Waals surface area (Å²) in [5.41, 5.74) is 3.03. The van der Waals surface area contributed by atoms with E-state index in [2.05, 4.69) is 9.82 Å². The smallest absolute Gasteiger partial charge is 0.284 e. The van der Waals surface area contributed by atoms with Gasteiger partial charge in [0.15, 0.2) is 0 Å². The zero-order valence-electron chi connectivity index (χ0n) is 17.0. The molecule has 1 amide bonds. The van der Waals surface area contributed by atoms with Crippen LogP contribution in [0.1, 0.15) is 33.3 Å². The molecule has 1 aliphatic rings. The molecule has 3 aromatic rings. The Morgan fingerprint density at radius 2 is 1.84 bits per heavy atom. The van der Waals surface area contributed by atoms with Crippen LogP contribution in [-0.2, 0) is 10.0 Å². The van der Waals surface area contributed by atoms with Crippen LogP contribution in [0, 0.1) is 0 Å². The predicted octanol–water partition coefficient (Wildman–Crippen LogP) is 4.12. The quantitative estimate of drug-likeness (QED) is 0.606. The Balaban J connectivity index is 1.65. The number of anilines is 1. The summed E-state index contributed by atoms with van der Waals surface area (Å²) in [5, 5.41) is 8.05. The van der Waals surface area contributed by atoms with Crippen molar-refractivity contribution in [1.29, 1.82) is 0 Å². The third kappa shape index (κ3) is 4.78. The molecule has 0 unspecified atom stereocenters. The summed E-state index contributed by atoms with van der Waals surface area (Å²) in [4.78, 5) is 13.8. The standard InChI is InChI=1S/C22H21N3O4S2/c1-29-18-11-7-16(8-12-18)20-14-19(23-25(20)22(26)21-4-3-13-30-21)15-5-9-17(10-6-15)24-31(2,27)28/h3-13,20,24H,14H2,1-2H3/t20-/m0/s1. The fraction of sp³-hybridized carbons (Fsp3) is 0.182. The lowest BCUT2D eigenvalue weighted by molar-refractivity contribution is 0.0716. The number of nitrogens with zero attached hydrogens (tertiary/aromatic N) is 2. The lowest BCUT2D eigenvalue weighted by Gasteiger charge is -2.21. The molecule has 31 heavy (non-hydrogen) atoms. The van der Waals surface area contributed by atoms with Crippen LogP contribution in [0.5, 0.6) is 5.75 Å². The van der Waals surface area contributed by atoms with Crippen molar-refractivity contribution in [3.63, 3.8) is 0 Å². The van der Waals surface area contributed by atoms with Gasteiger partial charge in [0.1, 0.15) is 5.75 Å². The van der Waals surface area contributed by atoms with Gasteiger partial charge < -0.3 is 4.74 Å². The van der Waals surface area contributed by atoms with Gasteiger partial charge in [-0.05, 0) is 46.8 Å². The number of methoxy groups -OCH3 is 1. The van der Waals surface area contributed by atoms with Gasteiger partial charge in [0.2, 0.25) is 10.0 Å². The highest BCUT2D eigenvalue weighted by molar-refractivity contribution is 7.92. The number of nitrogens with one attached hydrogen (secondary N) is 1. The number of hydrogen-bond donors (Lipinski definition) is 1. The van der Waals surface area contributed by atoms with Crippen molar-refractivity contribution in [2.45, 2.75) is 12.5 Å². The third-order valence-corrected chi connectivity index (χ3v) is 6.34. The molecule has 1 aromatic heterocycles. The fourth-order valence-electron chi connectivity index (χ4n) is 3.42. The third-order valence-electron chi connectivity index (χ3n) is 4.87. The number of thiophene rings is 1. The number of rotatable bonds is 6. The molecule has 0 saturated carbocycles. The van der Waals surface area contributed by atoms with Crippen molar-refractivity contribution in [1.82, 2.24) is 5.01 Å². The molecule has 1 atom stereocenters. The van der Waals surface area contributed by atoms with Gasteiger partial charge in [0, 0.05) is 12.1 Å². The molecule has 0 radical (unpaired) electrons. The van der Waals surface area contributed by atoms with Crippen molar-refractivity contribution in [3.8, 4) is 5.75 Å². The second kappa shape index (κ2) is 8.52. The number of carbonyl (C=O) groups is 1. The minimum Gasteiger partial charge on any atom is -0.497 e. The van der Waals surface area contributed by atoms with Gasteiger partial charge in [-0.25, -0.2) is 13.4 Å². The molecule has 2 aromatic carbocycles. The van der Waals surface area contributed by atoms with Crippen LogP contribution >= 0.6 is 11.3 Å². The monoisotopic (exact) mass is 455 g/mol. The Bertz CT molecular complexity index is 1200. The van der Waals surface area contributed by atoms with Crippen molar-refractivity contribution in [2.24, 2.45) is 5.10 Å². The molecule has 160 valence electrons. The van der Waals surface area contributed by atoms with E-state index in [0.717, 1.165) is 28.8 Å². The number of hydrazone groups is 1. The molecule has 1 N–H and O–H groups in total. The number of benzene rings is 2. The number of amides is 1. The van der Waals surface area contributed by atoms with E-state index in [1.807, 2.05) is 35.7 Å². The second-order valence-corrected chi connectivity index (χ2v) is 9.81. The Morgan fingerprint density at radius 1 is 1.13 bits per heavy atom.